The van der Waals surface area contributed by atoms with Crippen molar-refractivity contribution < 1.29 is 37.4 Å². The van der Waals surface area contributed by atoms with Crippen LogP contribution in [0, 0.1) is 11.8 Å². The maximum atomic E-state index is 13.3. The van der Waals surface area contributed by atoms with Crippen molar-refractivity contribution in [3.63, 3.8) is 0 Å². The fourth-order valence-electron chi connectivity index (χ4n) is 7.95. The lowest BCUT2D eigenvalue weighted by Gasteiger charge is -2.55. The molecule has 4 fully saturated rings. The van der Waals surface area contributed by atoms with Crippen molar-refractivity contribution >= 4 is 40.9 Å². The Labute approximate surface area is 285 Å². The monoisotopic (exact) mass is 705 g/mol. The van der Waals surface area contributed by atoms with Crippen molar-refractivity contribution in [2.24, 2.45) is 11.8 Å². The minimum Gasteiger partial charge on any atom is -0.475 e. The Hall–Kier alpha value is -2.05. The number of alkyl halides is 3. The van der Waals surface area contributed by atoms with Gasteiger partial charge in [0.05, 0.1) is 9.90 Å². The molecule has 1 unspecified atom stereocenters. The molecule has 8 nitrogen and oxygen atoms in total. The van der Waals surface area contributed by atoms with Gasteiger partial charge in [-0.05, 0) is 56.9 Å². The fourth-order valence-corrected chi connectivity index (χ4v) is 9.18. The zero-order valence-electron chi connectivity index (χ0n) is 28.0. The van der Waals surface area contributed by atoms with Crippen LogP contribution >= 0.6 is 22.9 Å². The number of amides is 2. The molecule has 1 aromatic rings. The normalized spacial score (nSPS) is 23.6. The number of carboxylic acid groups (broad SMARTS) is 1. The van der Waals surface area contributed by atoms with Gasteiger partial charge in [0.1, 0.15) is 5.60 Å². The van der Waals surface area contributed by atoms with Crippen LogP contribution in [0.1, 0.15) is 114 Å². The van der Waals surface area contributed by atoms with Crippen LogP contribution in [-0.4, -0.2) is 94.4 Å². The van der Waals surface area contributed by atoms with E-state index in [0.717, 1.165) is 93.3 Å². The van der Waals surface area contributed by atoms with E-state index in [1.165, 1.54) is 56.3 Å². The number of hydrogen-bond donors (Lipinski definition) is 1. The first-order valence-electron chi connectivity index (χ1n) is 17.3. The van der Waals surface area contributed by atoms with E-state index >= 15 is 0 Å². The van der Waals surface area contributed by atoms with Crippen LogP contribution in [-0.2, 0) is 16.0 Å². The van der Waals surface area contributed by atoms with Gasteiger partial charge in [-0.2, -0.15) is 13.2 Å². The van der Waals surface area contributed by atoms with E-state index in [4.69, 9.17) is 26.2 Å². The number of piperidine rings is 2. The minimum absolute atomic E-state index is 0.0650. The second-order valence-electron chi connectivity index (χ2n) is 14.0. The van der Waals surface area contributed by atoms with Crippen molar-refractivity contribution in [2.45, 2.75) is 122 Å². The molecular formula is C34H51ClF3N3O5S. The molecule has 0 bridgehead atoms. The van der Waals surface area contributed by atoms with E-state index in [9.17, 15) is 22.8 Å². The predicted octanol–water partition coefficient (Wildman–Crippen LogP) is 8.27. The topological polar surface area (TPSA) is 90.4 Å². The van der Waals surface area contributed by atoms with Crippen molar-refractivity contribution in [1.29, 1.82) is 0 Å². The molecule has 47 heavy (non-hydrogen) atoms. The van der Waals surface area contributed by atoms with Gasteiger partial charge in [-0.15, -0.1) is 11.3 Å². The Balaban J connectivity index is 0.000000644. The highest BCUT2D eigenvalue weighted by molar-refractivity contribution is 7.14. The van der Waals surface area contributed by atoms with E-state index in [-0.39, 0.29) is 23.1 Å². The summed E-state index contributed by atoms with van der Waals surface area (Å²) in [6.07, 6.45) is 9.42. The van der Waals surface area contributed by atoms with Crippen molar-refractivity contribution in [1.82, 2.24) is 14.7 Å². The summed E-state index contributed by atoms with van der Waals surface area (Å²) in [6.45, 7) is 11.9. The zero-order chi connectivity index (χ0) is 34.4. The van der Waals surface area contributed by atoms with Gasteiger partial charge in [0.2, 0.25) is 0 Å². The Bertz CT molecular complexity index is 1220. The first-order valence-corrected chi connectivity index (χ1v) is 18.6. The first kappa shape index (κ1) is 37.8. The number of rotatable bonds is 8. The third-order valence-electron chi connectivity index (χ3n) is 11.0. The van der Waals surface area contributed by atoms with E-state index in [1.807, 2.05) is 10.3 Å². The molecule has 4 aliphatic rings. The Morgan fingerprint density at radius 2 is 1.68 bits per heavy atom. The Morgan fingerprint density at radius 1 is 1.06 bits per heavy atom. The lowest BCUT2D eigenvalue weighted by molar-refractivity contribution is -0.192. The molecule has 13 heteroatoms. The van der Waals surface area contributed by atoms with Gasteiger partial charge in [-0.25, -0.2) is 9.59 Å². The number of unbranched alkanes of at least 4 members (excludes halogenated alkanes) is 1. The predicted molar refractivity (Wildman–Crippen MR) is 177 cm³/mol. The lowest BCUT2D eigenvalue weighted by atomic mass is 9.74. The summed E-state index contributed by atoms with van der Waals surface area (Å²) in [4.78, 5) is 42.2. The number of carbonyl (C=O) groups is 3. The summed E-state index contributed by atoms with van der Waals surface area (Å²) in [5, 5.41) is 9.05. The average molecular weight is 706 g/mol. The quantitative estimate of drug-likeness (QED) is 0.293. The minimum atomic E-state index is -5.08. The van der Waals surface area contributed by atoms with Crippen molar-refractivity contribution in [3.05, 3.63) is 20.8 Å². The van der Waals surface area contributed by atoms with E-state index in [0.29, 0.717) is 11.8 Å². The third kappa shape index (κ3) is 9.15. The molecule has 0 aromatic carbocycles. The number of aliphatic carboxylic acids is 1. The van der Waals surface area contributed by atoms with Gasteiger partial charge in [0.15, 0.2) is 0 Å². The van der Waals surface area contributed by atoms with Gasteiger partial charge in [-0.1, -0.05) is 57.6 Å². The van der Waals surface area contributed by atoms with Crippen LogP contribution in [0.5, 0.6) is 0 Å². The summed E-state index contributed by atoms with van der Waals surface area (Å²) in [6, 6.07) is 0. The number of likely N-dealkylation sites (tertiary alicyclic amines) is 2. The van der Waals surface area contributed by atoms with Gasteiger partial charge in [0, 0.05) is 68.9 Å². The van der Waals surface area contributed by atoms with E-state index < -0.39 is 12.1 Å². The molecule has 5 rings (SSSR count). The number of hydrogen-bond acceptors (Lipinski definition) is 6. The van der Waals surface area contributed by atoms with Crippen LogP contribution in [0.25, 0.3) is 0 Å². The molecule has 4 heterocycles. The number of carbonyl (C=O) groups excluding carboxylic acids is 2. The van der Waals surface area contributed by atoms with E-state index in [1.54, 1.807) is 0 Å². The maximum absolute atomic E-state index is 13.3. The molecule has 1 saturated carbocycles. The number of halogens is 4. The molecule has 1 aromatic heterocycles. The maximum Gasteiger partial charge on any atom is 0.490 e. The second kappa shape index (κ2) is 16.1. The van der Waals surface area contributed by atoms with Crippen molar-refractivity contribution in [2.75, 3.05) is 39.3 Å². The third-order valence-corrected chi connectivity index (χ3v) is 12.3. The lowest BCUT2D eigenvalue weighted by Crippen LogP contribution is -2.63. The standard InChI is InChI=1S/C32H50ClN3O3S.C2HF3O2/c1-4-6-12-25-22-35(21-24-10-8-7-9-11-24)30(38)39-32(25)15-19-36(20-16-32)31(3)13-17-34(18-14-31)29(37)27-23-40-28(33)26(27)5-2;3-2(4,5)1(6)7/h23-25H,4-22H2,1-3H3;(H,6,7). The molecule has 1 aliphatic carbocycles. The van der Waals surface area contributed by atoms with Crippen LogP contribution < -0.4 is 0 Å². The highest BCUT2D eigenvalue weighted by Gasteiger charge is 2.51. The molecule has 1 N–H and O–H groups in total. The Kier molecular flexibility index (Phi) is 12.9. The summed E-state index contributed by atoms with van der Waals surface area (Å²) in [5.41, 5.74) is 1.54. The highest BCUT2D eigenvalue weighted by Crippen LogP contribution is 2.44. The van der Waals surface area contributed by atoms with Gasteiger partial charge >= 0.3 is 18.2 Å². The molecule has 1 atom stereocenters. The molecule has 3 saturated heterocycles. The molecular weight excluding hydrogens is 655 g/mol. The summed E-state index contributed by atoms with van der Waals surface area (Å²) in [7, 11) is 0. The number of carboxylic acids is 1. The van der Waals surface area contributed by atoms with Gasteiger partial charge in [-0.3, -0.25) is 9.69 Å². The second-order valence-corrected chi connectivity index (χ2v) is 15.5. The molecule has 266 valence electrons. The summed E-state index contributed by atoms with van der Waals surface area (Å²) < 4.78 is 38.9. The Morgan fingerprint density at radius 3 is 2.23 bits per heavy atom. The number of nitrogens with zero attached hydrogens (tertiary/aromatic N) is 3. The van der Waals surface area contributed by atoms with Crippen LogP contribution in [0.15, 0.2) is 5.38 Å². The van der Waals surface area contributed by atoms with Gasteiger partial charge in [0.25, 0.3) is 5.91 Å². The largest absolute Gasteiger partial charge is 0.490 e. The van der Waals surface area contributed by atoms with Crippen molar-refractivity contribution in [3.8, 4) is 0 Å². The smallest absolute Gasteiger partial charge is 0.475 e. The average Bonchev–Trinajstić information content (AvgIpc) is 3.42. The molecule has 0 radical (unpaired) electrons. The van der Waals surface area contributed by atoms with Gasteiger partial charge < -0.3 is 19.6 Å². The van der Waals surface area contributed by atoms with Crippen LogP contribution in [0.4, 0.5) is 18.0 Å². The SMILES string of the molecule is CCCCC1CN(CC2CCCCC2)C(=O)OC12CCN(C1(C)CCN(C(=O)c3csc(Cl)c3CC)CC1)CC2.O=C(O)C(F)(F)F. The molecule has 2 amide bonds. The van der Waals surface area contributed by atoms with Crippen LogP contribution in [0.3, 0.4) is 0 Å². The first-order chi connectivity index (χ1) is 22.2. The number of ether oxygens (including phenoxy) is 1. The molecule has 1 spiro atoms. The molecule has 3 aliphatic heterocycles. The zero-order valence-corrected chi connectivity index (χ0v) is 29.6. The van der Waals surface area contributed by atoms with Crippen LogP contribution in [0.2, 0.25) is 4.34 Å². The summed E-state index contributed by atoms with van der Waals surface area (Å²) in [5.74, 6) is -1.56. The number of thiophene rings is 1. The fraction of sp³-hybridized carbons (Fsp3) is 0.794. The highest BCUT2D eigenvalue weighted by atomic mass is 35.5. The summed E-state index contributed by atoms with van der Waals surface area (Å²) >= 11 is 7.81. The van der Waals surface area contributed by atoms with E-state index in [2.05, 4.69) is 30.6 Å².